The molecule has 1 unspecified atom stereocenters. The smallest absolute Gasteiger partial charge is 0.125 e. The Morgan fingerprint density at radius 1 is 1.40 bits per heavy atom. The highest BCUT2D eigenvalue weighted by Gasteiger charge is 2.35. The van der Waals surface area contributed by atoms with Gasteiger partial charge in [-0.2, -0.15) is 0 Å². The Labute approximate surface area is 125 Å². The molecule has 0 spiro atoms. The highest BCUT2D eigenvalue weighted by Crippen LogP contribution is 2.39. The summed E-state index contributed by atoms with van der Waals surface area (Å²) in [5.41, 5.74) is 7.03. The second kappa shape index (κ2) is 7.27. The van der Waals surface area contributed by atoms with Crippen LogP contribution in [0.15, 0.2) is 18.2 Å². The molecule has 1 fully saturated rings. The fourth-order valence-corrected chi connectivity index (χ4v) is 2.93. The van der Waals surface area contributed by atoms with Gasteiger partial charge < -0.3 is 15.2 Å². The molecule has 4 nitrogen and oxygen atoms in total. The van der Waals surface area contributed by atoms with Crippen LogP contribution in [0.25, 0.3) is 0 Å². The Morgan fingerprint density at radius 2 is 2.15 bits per heavy atom. The first kappa shape index (κ1) is 15.6. The van der Waals surface area contributed by atoms with E-state index in [0.717, 1.165) is 17.9 Å². The van der Waals surface area contributed by atoms with Crippen molar-refractivity contribution < 1.29 is 9.47 Å². The van der Waals surface area contributed by atoms with Gasteiger partial charge in [0.2, 0.25) is 0 Å². The van der Waals surface area contributed by atoms with Gasteiger partial charge in [-0.25, -0.2) is 0 Å². The van der Waals surface area contributed by atoms with E-state index < -0.39 is 0 Å². The maximum atomic E-state index is 6.39. The van der Waals surface area contributed by atoms with Gasteiger partial charge >= 0.3 is 0 Å². The van der Waals surface area contributed by atoms with Crippen molar-refractivity contribution in [2.75, 3.05) is 33.9 Å². The molecular formula is C15H23ClN2O2. The van der Waals surface area contributed by atoms with Crippen molar-refractivity contribution in [1.29, 1.82) is 0 Å². The number of methoxy groups -OCH3 is 2. The van der Waals surface area contributed by atoms with Crippen molar-refractivity contribution >= 4 is 11.6 Å². The minimum absolute atomic E-state index is 0.0706. The van der Waals surface area contributed by atoms with Gasteiger partial charge in [0.25, 0.3) is 0 Å². The number of nitrogens with two attached hydrogens (primary N) is 1. The Kier molecular flexibility index (Phi) is 5.66. The van der Waals surface area contributed by atoms with Gasteiger partial charge in [0, 0.05) is 36.8 Å². The SMILES string of the molecule is COCCN(C1CC1)C(CN)c1c(Cl)cccc1OC. The lowest BCUT2D eigenvalue weighted by molar-refractivity contribution is 0.114. The van der Waals surface area contributed by atoms with Crippen LogP contribution in [0.5, 0.6) is 5.75 Å². The monoisotopic (exact) mass is 298 g/mol. The molecule has 1 aromatic carbocycles. The molecule has 0 radical (unpaired) electrons. The number of hydrogen-bond donors (Lipinski definition) is 1. The average Bonchev–Trinajstić information content (AvgIpc) is 3.28. The van der Waals surface area contributed by atoms with Gasteiger partial charge in [-0.3, -0.25) is 4.90 Å². The maximum Gasteiger partial charge on any atom is 0.125 e. The fraction of sp³-hybridized carbons (Fsp3) is 0.600. The Bertz CT molecular complexity index is 438. The van der Waals surface area contributed by atoms with E-state index in [2.05, 4.69) is 4.90 Å². The first-order valence-electron chi connectivity index (χ1n) is 7.00. The number of rotatable bonds is 8. The molecule has 1 aliphatic carbocycles. The van der Waals surface area contributed by atoms with Crippen molar-refractivity contribution in [1.82, 2.24) is 4.90 Å². The molecule has 20 heavy (non-hydrogen) atoms. The molecule has 1 aliphatic rings. The molecule has 112 valence electrons. The van der Waals surface area contributed by atoms with Crippen molar-refractivity contribution in [2.24, 2.45) is 5.73 Å². The average molecular weight is 299 g/mol. The normalized spacial score (nSPS) is 16.4. The summed E-state index contributed by atoms with van der Waals surface area (Å²) in [7, 11) is 3.39. The van der Waals surface area contributed by atoms with Gasteiger partial charge in [0.15, 0.2) is 0 Å². The van der Waals surface area contributed by atoms with Crippen LogP contribution in [0.4, 0.5) is 0 Å². The molecule has 0 saturated heterocycles. The third kappa shape index (κ3) is 3.44. The summed E-state index contributed by atoms with van der Waals surface area (Å²) in [5.74, 6) is 0.802. The quantitative estimate of drug-likeness (QED) is 0.801. The van der Waals surface area contributed by atoms with Crippen LogP contribution in [0, 0.1) is 0 Å². The van der Waals surface area contributed by atoms with Crippen LogP contribution in [0.1, 0.15) is 24.4 Å². The summed E-state index contributed by atoms with van der Waals surface area (Å²) in [6.45, 7) is 2.07. The first-order valence-corrected chi connectivity index (χ1v) is 7.37. The zero-order valence-corrected chi connectivity index (χ0v) is 12.9. The van der Waals surface area contributed by atoms with Crippen molar-refractivity contribution in [2.45, 2.75) is 24.9 Å². The molecular weight excluding hydrogens is 276 g/mol. The highest BCUT2D eigenvalue weighted by atomic mass is 35.5. The third-order valence-corrected chi connectivity index (χ3v) is 4.09. The molecule has 2 N–H and O–H groups in total. The predicted octanol–water partition coefficient (Wildman–Crippen LogP) is 2.46. The summed E-state index contributed by atoms with van der Waals surface area (Å²) in [4.78, 5) is 2.40. The predicted molar refractivity (Wildman–Crippen MR) is 81.4 cm³/mol. The summed E-state index contributed by atoms with van der Waals surface area (Å²) in [5, 5.41) is 0.711. The standard InChI is InChI=1S/C15H23ClN2O2/c1-19-9-8-18(11-6-7-11)13(10-17)15-12(16)4-3-5-14(15)20-2/h3-5,11,13H,6-10,17H2,1-2H3. The molecule has 5 heteroatoms. The van der Waals surface area contributed by atoms with E-state index in [1.807, 2.05) is 18.2 Å². The second-order valence-corrected chi connectivity index (χ2v) is 5.48. The van der Waals surface area contributed by atoms with Crippen molar-refractivity contribution in [3.63, 3.8) is 0 Å². The van der Waals surface area contributed by atoms with E-state index in [4.69, 9.17) is 26.8 Å². The summed E-state index contributed by atoms with van der Waals surface area (Å²) in [6.07, 6.45) is 2.43. The van der Waals surface area contributed by atoms with Crippen LogP contribution in [-0.4, -0.2) is 44.9 Å². The lowest BCUT2D eigenvalue weighted by Crippen LogP contribution is -2.38. The van der Waals surface area contributed by atoms with E-state index >= 15 is 0 Å². The van der Waals surface area contributed by atoms with Crippen LogP contribution in [-0.2, 0) is 4.74 Å². The van der Waals surface area contributed by atoms with E-state index in [0.29, 0.717) is 24.2 Å². The zero-order valence-electron chi connectivity index (χ0n) is 12.1. The molecule has 1 atom stereocenters. The molecule has 0 bridgehead atoms. The zero-order chi connectivity index (χ0) is 14.5. The van der Waals surface area contributed by atoms with Crippen LogP contribution >= 0.6 is 11.6 Å². The molecule has 0 aromatic heterocycles. The number of hydrogen-bond acceptors (Lipinski definition) is 4. The lowest BCUT2D eigenvalue weighted by atomic mass is 10.0. The topological polar surface area (TPSA) is 47.7 Å². The van der Waals surface area contributed by atoms with Crippen LogP contribution < -0.4 is 10.5 Å². The van der Waals surface area contributed by atoms with E-state index in [1.165, 1.54) is 12.8 Å². The number of halogens is 1. The third-order valence-electron chi connectivity index (χ3n) is 3.76. The second-order valence-electron chi connectivity index (χ2n) is 5.07. The molecule has 0 heterocycles. The first-order chi connectivity index (χ1) is 9.72. The van der Waals surface area contributed by atoms with Crippen molar-refractivity contribution in [3.8, 4) is 5.75 Å². The van der Waals surface area contributed by atoms with Crippen LogP contribution in [0.3, 0.4) is 0 Å². The number of ether oxygens (including phenoxy) is 2. The summed E-state index contributed by atoms with van der Waals surface area (Å²) >= 11 is 6.39. The van der Waals surface area contributed by atoms with E-state index in [1.54, 1.807) is 14.2 Å². The molecule has 0 amide bonds. The number of nitrogens with zero attached hydrogens (tertiary/aromatic N) is 1. The maximum absolute atomic E-state index is 6.39. The fourth-order valence-electron chi connectivity index (χ4n) is 2.63. The van der Waals surface area contributed by atoms with Gasteiger partial charge in [-0.15, -0.1) is 0 Å². The van der Waals surface area contributed by atoms with E-state index in [-0.39, 0.29) is 6.04 Å². The van der Waals surface area contributed by atoms with Gasteiger partial charge in [0.05, 0.1) is 19.8 Å². The van der Waals surface area contributed by atoms with Gasteiger partial charge in [0.1, 0.15) is 5.75 Å². The molecule has 1 saturated carbocycles. The van der Waals surface area contributed by atoms with Crippen molar-refractivity contribution in [3.05, 3.63) is 28.8 Å². The Morgan fingerprint density at radius 3 is 2.70 bits per heavy atom. The number of benzene rings is 1. The molecule has 1 aromatic rings. The lowest BCUT2D eigenvalue weighted by Gasteiger charge is -2.32. The Balaban J connectivity index is 2.29. The summed E-state index contributed by atoms with van der Waals surface area (Å²) in [6, 6.07) is 6.38. The largest absolute Gasteiger partial charge is 0.496 e. The Hall–Kier alpha value is -0.810. The van der Waals surface area contributed by atoms with Gasteiger partial charge in [-0.05, 0) is 25.0 Å². The minimum atomic E-state index is 0.0706. The highest BCUT2D eigenvalue weighted by molar-refractivity contribution is 6.31. The minimum Gasteiger partial charge on any atom is -0.496 e. The van der Waals surface area contributed by atoms with Crippen LogP contribution in [0.2, 0.25) is 5.02 Å². The molecule has 2 rings (SSSR count). The van der Waals surface area contributed by atoms with E-state index in [9.17, 15) is 0 Å². The molecule has 0 aliphatic heterocycles. The summed E-state index contributed by atoms with van der Waals surface area (Å²) < 4.78 is 10.7. The van der Waals surface area contributed by atoms with Gasteiger partial charge in [-0.1, -0.05) is 17.7 Å².